The van der Waals surface area contributed by atoms with Crippen LogP contribution in [0, 0.1) is 5.92 Å². The van der Waals surface area contributed by atoms with E-state index in [2.05, 4.69) is 9.62 Å². The van der Waals surface area contributed by atoms with Gasteiger partial charge in [0.1, 0.15) is 5.75 Å². The zero-order valence-corrected chi connectivity index (χ0v) is 16.7. The van der Waals surface area contributed by atoms with E-state index < -0.39 is 10.0 Å². The largest absolute Gasteiger partial charge is 0.506 e. The quantitative estimate of drug-likeness (QED) is 0.736. The molecule has 5 nitrogen and oxygen atoms in total. The number of sulfonamides is 1. The van der Waals surface area contributed by atoms with Gasteiger partial charge in [-0.05, 0) is 48.6 Å². The molecule has 1 saturated heterocycles. The molecule has 7 heteroatoms. The van der Waals surface area contributed by atoms with Crippen molar-refractivity contribution in [1.82, 2.24) is 9.62 Å². The van der Waals surface area contributed by atoms with Crippen LogP contribution in [0.3, 0.4) is 0 Å². The Balaban J connectivity index is 1.51. The predicted octanol–water partition coefficient (Wildman–Crippen LogP) is 3.38. The minimum absolute atomic E-state index is 0.0102. The highest BCUT2D eigenvalue weighted by molar-refractivity contribution is 7.88. The molecule has 0 amide bonds. The normalized spacial score (nSPS) is 18.5. The molecule has 2 N–H and O–H groups in total. The van der Waals surface area contributed by atoms with E-state index in [1.54, 1.807) is 12.1 Å². The van der Waals surface area contributed by atoms with Crippen molar-refractivity contribution in [3.05, 3.63) is 64.7 Å². The third-order valence-electron chi connectivity index (χ3n) is 4.81. The molecule has 2 aromatic carbocycles. The Labute approximate surface area is 166 Å². The van der Waals surface area contributed by atoms with Gasteiger partial charge in [-0.25, -0.2) is 13.1 Å². The fourth-order valence-electron chi connectivity index (χ4n) is 3.46. The van der Waals surface area contributed by atoms with E-state index in [4.69, 9.17) is 11.6 Å². The molecule has 3 rings (SSSR count). The van der Waals surface area contributed by atoms with E-state index >= 15 is 0 Å². The highest BCUT2D eigenvalue weighted by Crippen LogP contribution is 2.25. The van der Waals surface area contributed by atoms with Crippen molar-refractivity contribution >= 4 is 21.6 Å². The minimum atomic E-state index is -3.33. The second kappa shape index (κ2) is 9.06. The van der Waals surface area contributed by atoms with Gasteiger partial charge in [0.25, 0.3) is 0 Å². The fraction of sp³-hybridized carbons (Fsp3) is 0.400. The predicted molar refractivity (Wildman–Crippen MR) is 108 cm³/mol. The van der Waals surface area contributed by atoms with E-state index in [1.165, 1.54) is 0 Å². The summed E-state index contributed by atoms with van der Waals surface area (Å²) in [6.07, 6.45) is 2.05. The molecular weight excluding hydrogens is 384 g/mol. The highest BCUT2D eigenvalue weighted by atomic mass is 35.5. The summed E-state index contributed by atoms with van der Waals surface area (Å²) in [6, 6.07) is 14.5. The van der Waals surface area contributed by atoms with E-state index in [0.717, 1.165) is 43.6 Å². The molecule has 27 heavy (non-hydrogen) atoms. The number of halogens is 1. The average molecular weight is 409 g/mol. The van der Waals surface area contributed by atoms with Crippen molar-refractivity contribution in [2.45, 2.75) is 25.1 Å². The van der Waals surface area contributed by atoms with Gasteiger partial charge in [-0.15, -0.1) is 0 Å². The Morgan fingerprint density at radius 2 is 1.93 bits per heavy atom. The van der Waals surface area contributed by atoms with Gasteiger partial charge in [-0.1, -0.05) is 48.0 Å². The van der Waals surface area contributed by atoms with Crippen LogP contribution in [0.25, 0.3) is 0 Å². The lowest BCUT2D eigenvalue weighted by Crippen LogP contribution is -2.40. The summed E-state index contributed by atoms with van der Waals surface area (Å²) in [5.41, 5.74) is 1.84. The van der Waals surface area contributed by atoms with Crippen LogP contribution in [0.2, 0.25) is 5.02 Å². The monoisotopic (exact) mass is 408 g/mol. The molecule has 1 atom stereocenters. The first-order valence-corrected chi connectivity index (χ1v) is 11.2. The number of nitrogens with zero attached hydrogens (tertiary/aromatic N) is 1. The van der Waals surface area contributed by atoms with E-state index in [0.29, 0.717) is 11.6 Å². The first-order chi connectivity index (χ1) is 12.9. The molecular formula is C20H25ClN2O3S. The molecule has 146 valence electrons. The van der Waals surface area contributed by atoms with Crippen molar-refractivity contribution in [1.29, 1.82) is 0 Å². The number of phenolic OH excluding ortho intramolecular Hbond substituents is 1. The van der Waals surface area contributed by atoms with Gasteiger partial charge in [0, 0.05) is 19.6 Å². The first kappa shape index (κ1) is 20.1. The first-order valence-electron chi connectivity index (χ1n) is 9.12. The van der Waals surface area contributed by atoms with Crippen molar-refractivity contribution in [2.75, 3.05) is 19.6 Å². The van der Waals surface area contributed by atoms with Crippen LogP contribution in [0.5, 0.6) is 5.75 Å². The van der Waals surface area contributed by atoms with Crippen molar-refractivity contribution < 1.29 is 13.5 Å². The summed E-state index contributed by atoms with van der Waals surface area (Å²) in [7, 11) is -3.33. The lowest BCUT2D eigenvalue weighted by Gasteiger charge is -2.32. The standard InChI is InChI=1S/C20H25ClN2O3S/c21-19-11-17(8-9-20(19)24)13-23-10-4-7-18(14-23)12-22-27(25,26)15-16-5-2-1-3-6-16/h1-3,5-6,8-9,11,18,22,24H,4,7,10,12-15H2/t18-/m1/s1. The van der Waals surface area contributed by atoms with Gasteiger partial charge < -0.3 is 5.11 Å². The van der Waals surface area contributed by atoms with Crippen LogP contribution in [0.15, 0.2) is 48.5 Å². The van der Waals surface area contributed by atoms with Gasteiger partial charge in [-0.2, -0.15) is 0 Å². The number of hydrogen-bond acceptors (Lipinski definition) is 4. The molecule has 0 radical (unpaired) electrons. The van der Waals surface area contributed by atoms with Gasteiger partial charge in [-0.3, -0.25) is 4.90 Å². The zero-order valence-electron chi connectivity index (χ0n) is 15.1. The second-order valence-electron chi connectivity index (χ2n) is 7.12. The summed E-state index contributed by atoms with van der Waals surface area (Å²) in [5, 5.41) is 9.89. The fourth-order valence-corrected chi connectivity index (χ4v) is 4.88. The van der Waals surface area contributed by atoms with Gasteiger partial charge in [0.15, 0.2) is 0 Å². The molecule has 0 aromatic heterocycles. The molecule has 1 heterocycles. The van der Waals surface area contributed by atoms with E-state index in [9.17, 15) is 13.5 Å². The molecule has 0 aliphatic carbocycles. The van der Waals surface area contributed by atoms with Crippen LogP contribution in [-0.2, 0) is 22.3 Å². The van der Waals surface area contributed by atoms with Gasteiger partial charge >= 0.3 is 0 Å². The molecule has 1 aliphatic rings. The Bertz CT molecular complexity index is 859. The SMILES string of the molecule is O=S(=O)(Cc1ccccc1)NC[C@H]1CCCN(Cc2ccc(O)c(Cl)c2)C1. The molecule has 0 bridgehead atoms. The Morgan fingerprint density at radius 3 is 2.67 bits per heavy atom. The van der Waals surface area contributed by atoms with Gasteiger partial charge in [0.2, 0.25) is 10.0 Å². The lowest BCUT2D eigenvalue weighted by atomic mass is 9.98. The number of aromatic hydroxyl groups is 1. The van der Waals surface area contributed by atoms with Crippen LogP contribution >= 0.6 is 11.6 Å². The molecule has 2 aromatic rings. The number of nitrogens with one attached hydrogen (secondary N) is 1. The molecule has 1 fully saturated rings. The minimum Gasteiger partial charge on any atom is -0.506 e. The maximum absolute atomic E-state index is 12.3. The van der Waals surface area contributed by atoms with Crippen molar-refractivity contribution in [3.63, 3.8) is 0 Å². The Hall–Kier alpha value is -1.60. The average Bonchev–Trinajstić information content (AvgIpc) is 2.64. The number of rotatable bonds is 7. The Morgan fingerprint density at radius 1 is 1.15 bits per heavy atom. The molecule has 0 unspecified atom stereocenters. The van der Waals surface area contributed by atoms with Crippen LogP contribution in [-0.4, -0.2) is 38.1 Å². The summed E-state index contributed by atoms with van der Waals surface area (Å²) in [5.74, 6) is 0.387. The number of piperidine rings is 1. The van der Waals surface area contributed by atoms with Crippen LogP contribution < -0.4 is 4.72 Å². The third kappa shape index (κ3) is 6.21. The highest BCUT2D eigenvalue weighted by Gasteiger charge is 2.22. The summed E-state index contributed by atoms with van der Waals surface area (Å²) >= 11 is 5.98. The van der Waals surface area contributed by atoms with E-state index in [1.807, 2.05) is 36.4 Å². The molecule has 0 saturated carbocycles. The molecule has 1 aliphatic heterocycles. The van der Waals surface area contributed by atoms with Crippen molar-refractivity contribution in [2.24, 2.45) is 5.92 Å². The smallest absolute Gasteiger partial charge is 0.215 e. The summed E-state index contributed by atoms with van der Waals surface area (Å²) in [4.78, 5) is 2.31. The third-order valence-corrected chi connectivity index (χ3v) is 6.44. The van der Waals surface area contributed by atoms with Crippen molar-refractivity contribution in [3.8, 4) is 5.75 Å². The number of phenols is 1. The number of benzene rings is 2. The second-order valence-corrected chi connectivity index (χ2v) is 9.34. The topological polar surface area (TPSA) is 69.6 Å². The maximum Gasteiger partial charge on any atom is 0.215 e. The number of likely N-dealkylation sites (tertiary alicyclic amines) is 1. The van der Waals surface area contributed by atoms with Crippen LogP contribution in [0.1, 0.15) is 24.0 Å². The Kier molecular flexibility index (Phi) is 6.76. The lowest BCUT2D eigenvalue weighted by molar-refractivity contribution is 0.169. The molecule has 0 spiro atoms. The maximum atomic E-state index is 12.3. The summed E-state index contributed by atoms with van der Waals surface area (Å²) < 4.78 is 27.4. The van der Waals surface area contributed by atoms with Crippen LogP contribution in [0.4, 0.5) is 0 Å². The number of hydrogen-bond donors (Lipinski definition) is 2. The zero-order chi connectivity index (χ0) is 19.3. The van der Waals surface area contributed by atoms with E-state index in [-0.39, 0.29) is 17.4 Å². The summed E-state index contributed by atoms with van der Waals surface area (Å²) in [6.45, 7) is 3.02. The van der Waals surface area contributed by atoms with Gasteiger partial charge in [0.05, 0.1) is 10.8 Å².